The van der Waals surface area contributed by atoms with Crippen molar-refractivity contribution < 1.29 is 9.90 Å². The fraction of sp³-hybridized carbons (Fsp3) is 0.588. The van der Waals surface area contributed by atoms with Gasteiger partial charge >= 0.3 is 5.97 Å². The lowest BCUT2D eigenvalue weighted by Crippen LogP contribution is -2.37. The van der Waals surface area contributed by atoms with Crippen molar-refractivity contribution in [1.29, 1.82) is 0 Å². The minimum absolute atomic E-state index is 0.524. The maximum atomic E-state index is 11.8. The van der Waals surface area contributed by atoms with Gasteiger partial charge in [0, 0.05) is 0 Å². The van der Waals surface area contributed by atoms with Gasteiger partial charge in [-0.25, -0.2) is 0 Å². The summed E-state index contributed by atoms with van der Waals surface area (Å²) in [7, 11) is 0. The van der Waals surface area contributed by atoms with Gasteiger partial charge in [0.05, 0.1) is 5.41 Å². The second kappa shape index (κ2) is 5.36. The van der Waals surface area contributed by atoms with Crippen LogP contribution in [-0.2, 0) is 11.2 Å². The number of aryl methyl sites for hydroxylation is 2. The van der Waals surface area contributed by atoms with E-state index in [0.717, 1.165) is 19.3 Å². The lowest BCUT2D eigenvalue weighted by Gasteiger charge is -2.36. The quantitative estimate of drug-likeness (QED) is 0.887. The van der Waals surface area contributed by atoms with Crippen LogP contribution in [0.2, 0.25) is 0 Å². The predicted octanol–water partition coefficient (Wildman–Crippen LogP) is 4.13. The van der Waals surface area contributed by atoms with Crippen molar-refractivity contribution in [1.82, 2.24) is 0 Å². The highest BCUT2D eigenvalue weighted by Gasteiger charge is 2.41. The van der Waals surface area contributed by atoms with E-state index in [-0.39, 0.29) is 0 Å². The predicted molar refractivity (Wildman–Crippen MR) is 77.3 cm³/mol. The molecule has 1 fully saturated rings. The first-order valence-electron chi connectivity index (χ1n) is 7.22. The Kier molecular flexibility index (Phi) is 3.98. The summed E-state index contributed by atoms with van der Waals surface area (Å²) in [5.41, 5.74) is 3.14. The number of benzene rings is 1. The van der Waals surface area contributed by atoms with Crippen molar-refractivity contribution in [3.63, 3.8) is 0 Å². The van der Waals surface area contributed by atoms with Crippen molar-refractivity contribution in [2.45, 2.75) is 52.9 Å². The van der Waals surface area contributed by atoms with E-state index < -0.39 is 11.4 Å². The van der Waals surface area contributed by atoms with E-state index in [1.807, 2.05) is 0 Å². The maximum Gasteiger partial charge on any atom is 0.309 e. The van der Waals surface area contributed by atoms with Crippen molar-refractivity contribution >= 4 is 5.97 Å². The van der Waals surface area contributed by atoms with E-state index in [1.54, 1.807) is 0 Å². The van der Waals surface area contributed by atoms with Crippen molar-refractivity contribution in [3.8, 4) is 0 Å². The molecule has 0 aromatic heterocycles. The van der Waals surface area contributed by atoms with Gasteiger partial charge in [-0.1, -0.05) is 38.0 Å². The molecule has 0 aliphatic heterocycles. The van der Waals surface area contributed by atoms with E-state index >= 15 is 0 Å². The molecule has 1 aliphatic rings. The third-order valence-electron chi connectivity index (χ3n) is 4.66. The first-order chi connectivity index (χ1) is 8.93. The highest BCUT2D eigenvalue weighted by Crippen LogP contribution is 2.42. The second-order valence-corrected chi connectivity index (χ2v) is 6.38. The summed E-state index contributed by atoms with van der Waals surface area (Å²) in [6, 6.07) is 6.35. The van der Waals surface area contributed by atoms with E-state index in [0.29, 0.717) is 12.3 Å². The Morgan fingerprint density at radius 3 is 2.68 bits per heavy atom. The summed E-state index contributed by atoms with van der Waals surface area (Å²) in [6.07, 6.45) is 4.52. The molecule has 1 aromatic carbocycles. The Morgan fingerprint density at radius 1 is 1.37 bits per heavy atom. The molecule has 0 saturated heterocycles. The number of carboxylic acid groups (broad SMARTS) is 1. The molecule has 104 valence electrons. The van der Waals surface area contributed by atoms with Gasteiger partial charge in [0.2, 0.25) is 0 Å². The Bertz CT molecular complexity index is 478. The Morgan fingerprint density at radius 2 is 2.11 bits per heavy atom. The molecule has 1 saturated carbocycles. The van der Waals surface area contributed by atoms with Crippen molar-refractivity contribution in [2.75, 3.05) is 0 Å². The van der Waals surface area contributed by atoms with E-state index in [4.69, 9.17) is 0 Å². The molecular weight excluding hydrogens is 236 g/mol. The van der Waals surface area contributed by atoms with E-state index in [9.17, 15) is 9.90 Å². The maximum absolute atomic E-state index is 11.8. The van der Waals surface area contributed by atoms with Gasteiger partial charge in [-0.3, -0.25) is 4.79 Å². The van der Waals surface area contributed by atoms with Crippen molar-refractivity contribution in [3.05, 3.63) is 34.9 Å². The minimum Gasteiger partial charge on any atom is -0.481 e. The monoisotopic (exact) mass is 260 g/mol. The van der Waals surface area contributed by atoms with E-state index in [2.05, 4.69) is 39.0 Å². The van der Waals surface area contributed by atoms with Gasteiger partial charge in [0.25, 0.3) is 0 Å². The van der Waals surface area contributed by atoms with Crippen LogP contribution in [0.3, 0.4) is 0 Å². The van der Waals surface area contributed by atoms with Crippen LogP contribution in [0.1, 0.15) is 49.3 Å². The average molecular weight is 260 g/mol. The number of carbonyl (C=O) groups is 1. The molecule has 2 heteroatoms. The molecule has 0 amide bonds. The highest BCUT2D eigenvalue weighted by atomic mass is 16.4. The zero-order valence-corrected chi connectivity index (χ0v) is 12.2. The van der Waals surface area contributed by atoms with Gasteiger partial charge in [-0.2, -0.15) is 0 Å². The van der Waals surface area contributed by atoms with Crippen LogP contribution in [-0.4, -0.2) is 11.1 Å². The zero-order chi connectivity index (χ0) is 14.0. The lowest BCUT2D eigenvalue weighted by molar-refractivity contribution is -0.152. The minimum atomic E-state index is -0.614. The fourth-order valence-electron chi connectivity index (χ4n) is 3.39. The average Bonchev–Trinajstić information content (AvgIpc) is 2.34. The molecule has 1 aromatic rings. The smallest absolute Gasteiger partial charge is 0.309 e. The number of hydrogen-bond donors (Lipinski definition) is 1. The van der Waals surface area contributed by atoms with Gasteiger partial charge in [-0.15, -0.1) is 0 Å². The SMILES string of the molecule is Cc1ccc(CC2(C(=O)O)CCCC(C)C2)cc1C. The molecule has 2 unspecified atom stereocenters. The molecule has 19 heavy (non-hydrogen) atoms. The zero-order valence-electron chi connectivity index (χ0n) is 12.2. The summed E-state index contributed by atoms with van der Waals surface area (Å²) in [4.78, 5) is 11.8. The second-order valence-electron chi connectivity index (χ2n) is 6.38. The number of carboxylic acids is 1. The van der Waals surface area contributed by atoms with E-state index in [1.165, 1.54) is 23.1 Å². The molecular formula is C17H24O2. The molecule has 0 spiro atoms. The lowest BCUT2D eigenvalue weighted by atomic mass is 9.67. The largest absolute Gasteiger partial charge is 0.481 e. The van der Waals surface area contributed by atoms with Crippen LogP contribution < -0.4 is 0 Å². The first-order valence-corrected chi connectivity index (χ1v) is 7.22. The molecule has 2 nitrogen and oxygen atoms in total. The highest BCUT2D eigenvalue weighted by molar-refractivity contribution is 5.75. The van der Waals surface area contributed by atoms with Crippen LogP contribution in [0.5, 0.6) is 0 Å². The summed E-state index contributed by atoms with van der Waals surface area (Å²) in [5, 5.41) is 9.69. The van der Waals surface area contributed by atoms with Gasteiger partial charge in [0.15, 0.2) is 0 Å². The third kappa shape index (κ3) is 2.99. The molecule has 0 heterocycles. The number of hydrogen-bond acceptors (Lipinski definition) is 1. The standard InChI is InChI=1S/C17H24O2/c1-12-5-4-8-17(10-12,16(18)19)11-15-7-6-13(2)14(3)9-15/h6-7,9,12H,4-5,8,10-11H2,1-3H3,(H,18,19). The Labute approximate surface area is 115 Å². The van der Waals surface area contributed by atoms with Gasteiger partial charge < -0.3 is 5.11 Å². The molecule has 2 rings (SSSR count). The Balaban J connectivity index is 2.25. The van der Waals surface area contributed by atoms with Crippen molar-refractivity contribution in [2.24, 2.45) is 11.3 Å². The van der Waals surface area contributed by atoms with Crippen LogP contribution in [0.4, 0.5) is 0 Å². The van der Waals surface area contributed by atoms with Crippen LogP contribution in [0.15, 0.2) is 18.2 Å². The summed E-state index contributed by atoms with van der Waals surface area (Å²) in [5.74, 6) is -0.0892. The molecule has 1 aliphatic carbocycles. The van der Waals surface area contributed by atoms with Crippen LogP contribution in [0.25, 0.3) is 0 Å². The molecule has 1 N–H and O–H groups in total. The van der Waals surface area contributed by atoms with Gasteiger partial charge in [-0.05, 0) is 55.7 Å². The number of rotatable bonds is 3. The molecule has 0 bridgehead atoms. The van der Waals surface area contributed by atoms with Gasteiger partial charge in [0.1, 0.15) is 0 Å². The summed E-state index contributed by atoms with van der Waals surface area (Å²) < 4.78 is 0. The normalized spacial score (nSPS) is 27.2. The van der Waals surface area contributed by atoms with Crippen LogP contribution >= 0.6 is 0 Å². The Hall–Kier alpha value is -1.31. The summed E-state index contributed by atoms with van der Waals surface area (Å²) in [6.45, 7) is 6.36. The van der Waals surface area contributed by atoms with Crippen LogP contribution in [0, 0.1) is 25.2 Å². The summed E-state index contributed by atoms with van der Waals surface area (Å²) >= 11 is 0. The number of aliphatic carboxylic acids is 1. The fourth-order valence-corrected chi connectivity index (χ4v) is 3.39. The third-order valence-corrected chi connectivity index (χ3v) is 4.66. The molecule has 0 radical (unpaired) electrons. The first kappa shape index (κ1) is 14.1. The molecule has 2 atom stereocenters. The topological polar surface area (TPSA) is 37.3 Å².